The lowest BCUT2D eigenvalue weighted by atomic mass is 10.5. The first kappa shape index (κ1) is 7.29. The highest BCUT2D eigenvalue weighted by molar-refractivity contribution is 7.52. The van der Waals surface area contributed by atoms with Gasteiger partial charge in [0.05, 0.1) is 0 Å². The second kappa shape index (κ2) is 2.84. The summed E-state index contributed by atoms with van der Waals surface area (Å²) in [5.41, 5.74) is 0.409. The van der Waals surface area contributed by atoms with Crippen LogP contribution in [-0.4, -0.2) is 13.0 Å². The molecule has 1 aromatic heterocycles. The molecule has 1 unspecified atom stereocenters. The van der Waals surface area contributed by atoms with E-state index in [1.165, 1.54) is 6.07 Å². The second-order valence-corrected chi connectivity index (χ2v) is 3.48. The molecule has 1 heterocycles. The van der Waals surface area contributed by atoms with Gasteiger partial charge in [0.25, 0.3) is 0 Å². The summed E-state index contributed by atoms with van der Waals surface area (Å²) >= 11 is 0. The van der Waals surface area contributed by atoms with Crippen LogP contribution in [-0.2, 0) is 4.57 Å². The molecule has 0 spiro atoms. The fourth-order valence-corrected chi connectivity index (χ4v) is 1.19. The zero-order chi connectivity index (χ0) is 7.56. The van der Waals surface area contributed by atoms with Gasteiger partial charge in [0.2, 0.25) is 0 Å². The summed E-state index contributed by atoms with van der Waals surface area (Å²) in [6.45, 7) is 1.57. The van der Waals surface area contributed by atoms with E-state index in [0.717, 1.165) is 0 Å². The van der Waals surface area contributed by atoms with Gasteiger partial charge in [-0.05, 0) is 18.8 Å². The van der Waals surface area contributed by atoms with Crippen LogP contribution in [0, 0.1) is 0 Å². The monoisotopic (exact) mass is 158 g/mol. The number of hydrogen-bond acceptors (Lipinski definition) is 3. The Balaban J connectivity index is 2.98. The molecule has 1 atom stereocenters. The summed E-state index contributed by atoms with van der Waals surface area (Å²) in [6, 6.07) is 3.07. The lowest BCUT2D eigenvalue weighted by Gasteiger charge is -1.84. The molecule has 0 amide bonds. The van der Waals surface area contributed by atoms with Crippen LogP contribution in [0.25, 0.3) is 0 Å². The minimum atomic E-state index is -1.78. The van der Waals surface area contributed by atoms with E-state index in [9.17, 15) is 9.36 Å². The maximum Gasteiger partial charge on any atom is 0.185 e. The molecule has 54 valence electrons. The van der Waals surface area contributed by atoms with Gasteiger partial charge < -0.3 is 8.98 Å². The van der Waals surface area contributed by atoms with Gasteiger partial charge in [0, 0.05) is 0 Å². The molecule has 3 nitrogen and oxygen atoms in total. The number of furan rings is 1. The normalized spacial score (nSPS) is 12.9. The third-order valence-electron chi connectivity index (χ3n) is 1.09. The number of rotatable bonds is 2. The van der Waals surface area contributed by atoms with E-state index in [0.29, 0.717) is 11.8 Å². The van der Waals surface area contributed by atoms with Crippen LogP contribution in [0.1, 0.15) is 10.6 Å². The van der Waals surface area contributed by atoms with Crippen LogP contribution in [0.2, 0.25) is 0 Å². The van der Waals surface area contributed by atoms with Gasteiger partial charge in [-0.25, -0.2) is 0 Å². The van der Waals surface area contributed by atoms with E-state index >= 15 is 0 Å². The van der Waals surface area contributed by atoms with E-state index in [4.69, 9.17) is 4.42 Å². The maximum atomic E-state index is 10.8. The predicted octanol–water partition coefficient (Wildman–Crippen LogP) is 0.907. The van der Waals surface area contributed by atoms with Crippen LogP contribution in [0.4, 0.5) is 0 Å². The van der Waals surface area contributed by atoms with Crippen molar-refractivity contribution in [3.63, 3.8) is 0 Å². The Hall–Kier alpha value is -0.820. The molecule has 0 aliphatic heterocycles. The van der Waals surface area contributed by atoms with E-state index < -0.39 is 7.80 Å². The van der Waals surface area contributed by atoms with Gasteiger partial charge in [-0.15, -0.1) is 0 Å². The summed E-state index contributed by atoms with van der Waals surface area (Å²) in [5, 5.41) is 0. The highest BCUT2D eigenvalue weighted by Gasteiger charge is 2.02. The van der Waals surface area contributed by atoms with Crippen LogP contribution < -0.4 is 5.50 Å². The second-order valence-electron chi connectivity index (χ2n) is 1.88. The quantitative estimate of drug-likeness (QED) is 0.474. The average molecular weight is 158 g/mol. The minimum absolute atomic E-state index is 0.232. The molecule has 0 fully saturated rings. The van der Waals surface area contributed by atoms with Crippen molar-refractivity contribution in [1.82, 2.24) is 0 Å². The number of hydrogen-bond donors (Lipinski definition) is 0. The van der Waals surface area contributed by atoms with Gasteiger partial charge in [-0.3, -0.25) is 4.79 Å². The first-order chi connectivity index (χ1) is 4.74. The van der Waals surface area contributed by atoms with Gasteiger partial charge in [0.1, 0.15) is 7.80 Å². The summed E-state index contributed by atoms with van der Waals surface area (Å²) < 4.78 is 15.6. The SMILES string of the molecule is C[PH](=O)c1ccc(C=O)o1. The van der Waals surface area contributed by atoms with E-state index in [1.807, 2.05) is 0 Å². The first-order valence-electron chi connectivity index (χ1n) is 2.80. The Morgan fingerprint density at radius 2 is 2.30 bits per heavy atom. The van der Waals surface area contributed by atoms with E-state index in [1.54, 1.807) is 12.7 Å². The molecule has 10 heavy (non-hydrogen) atoms. The van der Waals surface area contributed by atoms with Crippen molar-refractivity contribution in [2.24, 2.45) is 0 Å². The molecule has 1 aromatic rings. The summed E-state index contributed by atoms with van der Waals surface area (Å²) in [7, 11) is -1.78. The molecular weight excluding hydrogens is 151 g/mol. The summed E-state index contributed by atoms with van der Waals surface area (Å²) in [4.78, 5) is 10.1. The first-order valence-corrected chi connectivity index (χ1v) is 4.71. The van der Waals surface area contributed by atoms with E-state index in [-0.39, 0.29) is 5.76 Å². The van der Waals surface area contributed by atoms with Crippen LogP contribution >= 0.6 is 7.80 Å². The third-order valence-corrected chi connectivity index (χ3v) is 2.05. The molecule has 0 aliphatic carbocycles. The van der Waals surface area contributed by atoms with Gasteiger partial charge in [-0.2, -0.15) is 0 Å². The van der Waals surface area contributed by atoms with Crippen LogP contribution in [0.15, 0.2) is 16.5 Å². The molecule has 0 aliphatic rings. The number of carbonyl (C=O) groups is 1. The van der Waals surface area contributed by atoms with Crippen LogP contribution in [0.3, 0.4) is 0 Å². The fourth-order valence-electron chi connectivity index (χ4n) is 0.605. The minimum Gasteiger partial charge on any atom is -0.451 e. The molecule has 0 saturated heterocycles. The average Bonchev–Trinajstić information content (AvgIpc) is 2.34. The maximum absolute atomic E-state index is 10.8. The molecular formula is C6H7O3P. The Labute approximate surface area is 58.8 Å². The highest BCUT2D eigenvalue weighted by atomic mass is 31.1. The molecule has 4 heteroatoms. The molecule has 0 bridgehead atoms. The Morgan fingerprint density at radius 1 is 1.60 bits per heavy atom. The molecule has 0 aromatic carbocycles. The number of carbonyl (C=O) groups excluding carboxylic acids is 1. The Bertz CT molecular complexity index is 264. The molecule has 0 N–H and O–H groups in total. The fraction of sp³-hybridized carbons (Fsp3) is 0.167. The Morgan fingerprint density at radius 3 is 2.60 bits per heavy atom. The lowest BCUT2D eigenvalue weighted by Crippen LogP contribution is -1.87. The highest BCUT2D eigenvalue weighted by Crippen LogP contribution is 2.14. The predicted molar refractivity (Wildman–Crippen MR) is 38.7 cm³/mol. The van der Waals surface area contributed by atoms with Gasteiger partial charge in [0.15, 0.2) is 17.5 Å². The van der Waals surface area contributed by atoms with Gasteiger partial charge >= 0.3 is 0 Å². The van der Waals surface area contributed by atoms with Crippen molar-refractivity contribution in [3.05, 3.63) is 17.9 Å². The van der Waals surface area contributed by atoms with Crippen molar-refractivity contribution in [1.29, 1.82) is 0 Å². The largest absolute Gasteiger partial charge is 0.451 e. The Kier molecular flexibility index (Phi) is 2.07. The number of aldehydes is 1. The van der Waals surface area contributed by atoms with Crippen molar-refractivity contribution in [2.75, 3.05) is 6.66 Å². The zero-order valence-electron chi connectivity index (χ0n) is 5.46. The molecule has 1 rings (SSSR count). The molecule has 0 radical (unpaired) electrons. The topological polar surface area (TPSA) is 47.3 Å². The van der Waals surface area contributed by atoms with Crippen molar-refractivity contribution in [2.45, 2.75) is 0 Å². The zero-order valence-corrected chi connectivity index (χ0v) is 6.46. The van der Waals surface area contributed by atoms with Crippen molar-refractivity contribution < 1.29 is 13.8 Å². The standard InChI is InChI=1S/C6H7O3P/c1-10(8)6-3-2-5(4-7)9-6/h2-4,10H,1H3. The lowest BCUT2D eigenvalue weighted by molar-refractivity contribution is 0.110. The van der Waals surface area contributed by atoms with Crippen LogP contribution in [0.5, 0.6) is 0 Å². The third kappa shape index (κ3) is 1.36. The summed E-state index contributed by atoms with van der Waals surface area (Å²) in [5.74, 6) is 0.232. The van der Waals surface area contributed by atoms with Crippen molar-refractivity contribution in [3.8, 4) is 0 Å². The van der Waals surface area contributed by atoms with Crippen molar-refractivity contribution >= 4 is 19.6 Å². The van der Waals surface area contributed by atoms with E-state index in [2.05, 4.69) is 0 Å². The summed E-state index contributed by atoms with van der Waals surface area (Å²) in [6.07, 6.45) is 0.592. The molecule has 0 saturated carbocycles. The smallest absolute Gasteiger partial charge is 0.185 e. The van der Waals surface area contributed by atoms with Gasteiger partial charge in [-0.1, -0.05) is 0 Å².